The fraction of sp³-hybridized carbons (Fsp3) is 0.471. The van der Waals surface area contributed by atoms with Crippen molar-refractivity contribution in [2.75, 3.05) is 11.9 Å². The molecule has 1 fully saturated rings. The molecular weight excluding hydrogens is 376 g/mol. The van der Waals surface area contributed by atoms with Crippen LogP contribution in [0, 0.1) is 6.92 Å². The van der Waals surface area contributed by atoms with E-state index < -0.39 is 5.25 Å². The molecule has 2 aromatic rings. The highest BCUT2D eigenvalue weighted by molar-refractivity contribution is 8.00. The van der Waals surface area contributed by atoms with Crippen LogP contribution in [0.15, 0.2) is 28.2 Å². The molecule has 140 valence electrons. The highest BCUT2D eigenvalue weighted by Gasteiger charge is 2.23. The number of amides is 1. The van der Waals surface area contributed by atoms with E-state index >= 15 is 0 Å². The molecule has 0 spiro atoms. The van der Waals surface area contributed by atoms with Crippen molar-refractivity contribution in [3.8, 4) is 0 Å². The van der Waals surface area contributed by atoms with Gasteiger partial charge < -0.3 is 10.1 Å². The van der Waals surface area contributed by atoms with Crippen molar-refractivity contribution in [3.63, 3.8) is 0 Å². The third-order valence-electron chi connectivity index (χ3n) is 4.24. The van der Waals surface area contributed by atoms with Gasteiger partial charge in [0, 0.05) is 17.3 Å². The van der Waals surface area contributed by atoms with Gasteiger partial charge in [0.1, 0.15) is 0 Å². The molecule has 2 heterocycles. The number of ether oxygens (including phenoxy) is 1. The summed E-state index contributed by atoms with van der Waals surface area (Å²) in [5.41, 5.74) is 1.31. The second kappa shape index (κ2) is 8.28. The minimum absolute atomic E-state index is 0.0166. The average molecular weight is 397 g/mol. The second-order valence-corrected chi connectivity index (χ2v) is 8.01. The number of aromatic amines is 1. The van der Waals surface area contributed by atoms with Gasteiger partial charge in [-0.15, -0.1) is 5.10 Å². The monoisotopic (exact) mass is 396 g/mol. The number of aryl methyl sites for hydroxylation is 1. The summed E-state index contributed by atoms with van der Waals surface area (Å²) in [6.07, 6.45) is 1.94. The molecule has 1 aromatic carbocycles. The minimum Gasteiger partial charge on any atom is -0.376 e. The lowest BCUT2D eigenvalue weighted by molar-refractivity contribution is -0.115. The lowest BCUT2D eigenvalue weighted by atomic mass is 10.2. The first-order valence-electron chi connectivity index (χ1n) is 8.44. The molecule has 0 saturated carbocycles. The van der Waals surface area contributed by atoms with E-state index in [4.69, 9.17) is 16.3 Å². The van der Waals surface area contributed by atoms with E-state index in [2.05, 4.69) is 15.5 Å². The summed E-state index contributed by atoms with van der Waals surface area (Å²) in [5.74, 6) is -0.181. The van der Waals surface area contributed by atoms with Gasteiger partial charge in [-0.25, -0.2) is 9.89 Å². The standard InChI is InChI=1S/C17H21ClN4O3S/c1-10-5-6-12(18)8-14(10)19-15(23)11(2)26-17-21-20-16(24)22(17)9-13-4-3-7-25-13/h5-6,8,11,13H,3-4,7,9H2,1-2H3,(H,19,23)(H,20,24)/t11-,13-/m0/s1. The van der Waals surface area contributed by atoms with E-state index in [0.29, 0.717) is 22.4 Å². The van der Waals surface area contributed by atoms with Crippen LogP contribution in [0.5, 0.6) is 0 Å². The Balaban J connectivity index is 1.67. The fourth-order valence-corrected chi connectivity index (χ4v) is 3.76. The number of carbonyl (C=O) groups excluding carboxylic acids is 1. The van der Waals surface area contributed by atoms with E-state index in [9.17, 15) is 9.59 Å². The van der Waals surface area contributed by atoms with Gasteiger partial charge in [-0.3, -0.25) is 9.36 Å². The van der Waals surface area contributed by atoms with Crippen LogP contribution in [0.2, 0.25) is 5.02 Å². The third kappa shape index (κ3) is 4.49. The largest absolute Gasteiger partial charge is 0.376 e. The molecule has 1 saturated heterocycles. The van der Waals surface area contributed by atoms with E-state index in [-0.39, 0.29) is 17.7 Å². The summed E-state index contributed by atoms with van der Waals surface area (Å²) in [4.78, 5) is 24.5. The molecule has 0 unspecified atom stereocenters. The number of hydrogen-bond acceptors (Lipinski definition) is 5. The van der Waals surface area contributed by atoms with Crippen molar-refractivity contribution in [1.29, 1.82) is 0 Å². The van der Waals surface area contributed by atoms with E-state index in [0.717, 1.165) is 25.0 Å². The Morgan fingerprint density at radius 1 is 1.58 bits per heavy atom. The van der Waals surface area contributed by atoms with E-state index in [1.165, 1.54) is 16.3 Å². The normalized spacial score (nSPS) is 18.0. The molecule has 0 bridgehead atoms. The average Bonchev–Trinajstić information content (AvgIpc) is 3.23. The SMILES string of the molecule is Cc1ccc(Cl)cc1NC(=O)[C@H](C)Sc1n[nH]c(=O)n1C[C@@H]1CCCO1. The van der Waals surface area contributed by atoms with Crippen molar-refractivity contribution in [1.82, 2.24) is 14.8 Å². The Kier molecular flexibility index (Phi) is 6.05. The zero-order valence-electron chi connectivity index (χ0n) is 14.6. The third-order valence-corrected chi connectivity index (χ3v) is 5.57. The van der Waals surface area contributed by atoms with Crippen LogP contribution >= 0.6 is 23.4 Å². The molecule has 7 nitrogen and oxygen atoms in total. The van der Waals surface area contributed by atoms with Crippen LogP contribution < -0.4 is 11.0 Å². The molecule has 2 atom stereocenters. The van der Waals surface area contributed by atoms with Crippen LogP contribution in [0.3, 0.4) is 0 Å². The number of nitrogens with one attached hydrogen (secondary N) is 2. The number of carbonyl (C=O) groups is 1. The first-order valence-corrected chi connectivity index (χ1v) is 9.70. The number of rotatable bonds is 6. The predicted molar refractivity (Wildman–Crippen MR) is 102 cm³/mol. The van der Waals surface area contributed by atoms with Crippen molar-refractivity contribution in [2.45, 2.75) is 49.7 Å². The number of thioether (sulfide) groups is 1. The first-order chi connectivity index (χ1) is 12.4. The predicted octanol–water partition coefficient (Wildman–Crippen LogP) is 2.83. The molecule has 1 aliphatic rings. The number of H-pyrrole nitrogens is 1. The Morgan fingerprint density at radius 2 is 2.38 bits per heavy atom. The van der Waals surface area contributed by atoms with Gasteiger partial charge in [-0.05, 0) is 44.4 Å². The van der Waals surface area contributed by atoms with Gasteiger partial charge in [0.2, 0.25) is 5.91 Å². The Hall–Kier alpha value is -1.77. The number of halogens is 1. The fourth-order valence-electron chi connectivity index (χ4n) is 2.72. The maximum atomic E-state index is 12.5. The zero-order chi connectivity index (χ0) is 18.7. The van der Waals surface area contributed by atoms with Crippen molar-refractivity contribution < 1.29 is 9.53 Å². The quantitative estimate of drug-likeness (QED) is 0.733. The minimum atomic E-state index is -0.438. The number of aromatic nitrogens is 3. The summed E-state index contributed by atoms with van der Waals surface area (Å²) >= 11 is 7.23. The summed E-state index contributed by atoms with van der Waals surface area (Å²) in [6, 6.07) is 5.34. The number of nitrogens with zero attached hydrogens (tertiary/aromatic N) is 2. The Morgan fingerprint density at radius 3 is 3.12 bits per heavy atom. The zero-order valence-corrected chi connectivity index (χ0v) is 16.2. The van der Waals surface area contributed by atoms with Crippen molar-refractivity contribution in [2.24, 2.45) is 0 Å². The number of anilines is 1. The summed E-state index contributed by atoms with van der Waals surface area (Å²) in [5, 5.41) is 9.98. The molecule has 26 heavy (non-hydrogen) atoms. The maximum Gasteiger partial charge on any atom is 0.344 e. The van der Waals surface area contributed by atoms with Crippen LogP contribution in [0.1, 0.15) is 25.3 Å². The number of benzene rings is 1. The molecule has 3 rings (SSSR count). The van der Waals surface area contributed by atoms with Gasteiger partial charge in [-0.1, -0.05) is 29.4 Å². The van der Waals surface area contributed by atoms with Crippen LogP contribution in [0.25, 0.3) is 0 Å². The topological polar surface area (TPSA) is 89.0 Å². The van der Waals surface area contributed by atoms with E-state index in [1.807, 2.05) is 13.0 Å². The molecule has 1 amide bonds. The first kappa shape index (κ1) is 19.0. The molecule has 9 heteroatoms. The van der Waals surface area contributed by atoms with Gasteiger partial charge in [0.15, 0.2) is 5.16 Å². The van der Waals surface area contributed by atoms with Gasteiger partial charge >= 0.3 is 5.69 Å². The summed E-state index contributed by atoms with van der Waals surface area (Å²) < 4.78 is 7.13. The lowest BCUT2D eigenvalue weighted by Crippen LogP contribution is -2.27. The Labute approximate surface area is 160 Å². The molecule has 0 aliphatic carbocycles. The van der Waals surface area contributed by atoms with Gasteiger partial charge in [-0.2, -0.15) is 0 Å². The highest BCUT2D eigenvalue weighted by Crippen LogP contribution is 2.25. The molecular formula is C17H21ClN4O3S. The molecule has 1 aliphatic heterocycles. The maximum absolute atomic E-state index is 12.5. The van der Waals surface area contributed by atoms with E-state index in [1.54, 1.807) is 19.1 Å². The van der Waals surface area contributed by atoms with Gasteiger partial charge in [0.25, 0.3) is 0 Å². The molecule has 0 radical (unpaired) electrons. The molecule has 2 N–H and O–H groups in total. The Bertz CT molecular complexity index is 845. The van der Waals surface area contributed by atoms with Crippen molar-refractivity contribution in [3.05, 3.63) is 39.3 Å². The van der Waals surface area contributed by atoms with Crippen LogP contribution in [0.4, 0.5) is 5.69 Å². The second-order valence-electron chi connectivity index (χ2n) is 6.27. The lowest BCUT2D eigenvalue weighted by Gasteiger charge is -2.15. The highest BCUT2D eigenvalue weighted by atomic mass is 35.5. The van der Waals surface area contributed by atoms with Crippen LogP contribution in [-0.4, -0.2) is 38.6 Å². The van der Waals surface area contributed by atoms with Crippen LogP contribution in [-0.2, 0) is 16.1 Å². The van der Waals surface area contributed by atoms with Crippen molar-refractivity contribution >= 4 is 35.0 Å². The molecule has 1 aromatic heterocycles. The summed E-state index contributed by atoms with van der Waals surface area (Å²) in [7, 11) is 0. The summed E-state index contributed by atoms with van der Waals surface area (Å²) in [6.45, 7) is 4.84. The smallest absolute Gasteiger partial charge is 0.344 e. The number of hydrogen-bond donors (Lipinski definition) is 2. The van der Waals surface area contributed by atoms with Gasteiger partial charge in [0.05, 0.1) is 17.9 Å².